The Kier molecular flexibility index (Phi) is 4.05. The van der Waals surface area contributed by atoms with Gasteiger partial charge in [-0.1, -0.05) is 0 Å². The molecule has 1 N–H and O–H groups in total. The molecule has 8 nitrogen and oxygen atoms in total. The van der Waals surface area contributed by atoms with Gasteiger partial charge in [-0.2, -0.15) is 4.84 Å². The van der Waals surface area contributed by atoms with Gasteiger partial charge in [0, 0.05) is 5.92 Å². The first-order chi connectivity index (χ1) is 6.68. The minimum absolute atomic E-state index is 0.152. The van der Waals surface area contributed by atoms with Crippen LogP contribution in [0.3, 0.4) is 0 Å². The van der Waals surface area contributed by atoms with Crippen LogP contribution >= 0.6 is 0 Å². The summed E-state index contributed by atoms with van der Waals surface area (Å²) < 4.78 is 0. The average molecular weight is 206 g/mol. The second-order valence-electron chi connectivity index (χ2n) is 3.02. The van der Waals surface area contributed by atoms with Gasteiger partial charge < -0.3 is 5.32 Å². The monoisotopic (exact) mass is 206 g/mol. The Hall–Kier alpha value is -1.44. The van der Waals surface area contributed by atoms with Crippen molar-refractivity contribution in [1.82, 2.24) is 5.32 Å². The molecule has 0 unspecified atom stereocenters. The molecule has 0 radical (unpaired) electrons. The summed E-state index contributed by atoms with van der Waals surface area (Å²) in [6, 6.07) is 0. The SMILES string of the molecule is O=[N+]([O-])O[N+](=O)OCC1CCNCC1. The molecule has 1 rings (SSSR count). The number of piperidine rings is 1. The van der Waals surface area contributed by atoms with Gasteiger partial charge in [0.15, 0.2) is 6.61 Å². The lowest BCUT2D eigenvalue weighted by molar-refractivity contribution is -1.14. The van der Waals surface area contributed by atoms with Crippen LogP contribution in [0.25, 0.3) is 0 Å². The van der Waals surface area contributed by atoms with E-state index < -0.39 is 10.2 Å². The van der Waals surface area contributed by atoms with Gasteiger partial charge in [-0.05, 0) is 25.9 Å². The van der Waals surface area contributed by atoms with Gasteiger partial charge >= 0.3 is 10.2 Å². The fourth-order valence-corrected chi connectivity index (χ4v) is 1.29. The lowest BCUT2D eigenvalue weighted by atomic mass is 10.00. The van der Waals surface area contributed by atoms with Gasteiger partial charge in [0.25, 0.3) is 0 Å². The molecule has 0 aliphatic carbocycles. The van der Waals surface area contributed by atoms with Crippen molar-refractivity contribution in [3.63, 3.8) is 0 Å². The van der Waals surface area contributed by atoms with Crippen molar-refractivity contribution in [2.45, 2.75) is 12.8 Å². The van der Waals surface area contributed by atoms with Gasteiger partial charge in [-0.15, -0.1) is 10.1 Å². The molecule has 1 aliphatic rings. The van der Waals surface area contributed by atoms with Crippen molar-refractivity contribution >= 4 is 0 Å². The molecule has 0 amide bonds. The van der Waals surface area contributed by atoms with Crippen molar-refractivity contribution < 1.29 is 19.9 Å². The highest BCUT2D eigenvalue weighted by molar-refractivity contribution is 4.66. The van der Waals surface area contributed by atoms with E-state index in [1.807, 2.05) is 0 Å². The first kappa shape index (κ1) is 10.6. The fourth-order valence-electron chi connectivity index (χ4n) is 1.29. The standard InChI is InChI=1S/C6H12N3O5/c10-8(11)14-9(12)13-5-6-1-3-7-4-2-6/h6-7H,1-5H2/q+1. The molecule has 0 aromatic heterocycles. The fraction of sp³-hybridized carbons (Fsp3) is 1.00. The Bertz CT molecular complexity index is 216. The smallest absolute Gasteiger partial charge is 0.317 e. The molecule has 0 spiro atoms. The minimum atomic E-state index is -1.21. The highest BCUT2D eigenvalue weighted by atomic mass is 17.2. The molecule has 14 heavy (non-hydrogen) atoms. The van der Waals surface area contributed by atoms with Crippen LogP contribution in [0.5, 0.6) is 0 Å². The van der Waals surface area contributed by atoms with Crippen LogP contribution in [0.15, 0.2) is 0 Å². The molecule has 1 aliphatic heterocycles. The highest BCUT2D eigenvalue weighted by Crippen LogP contribution is 2.11. The maximum atomic E-state index is 10.5. The Balaban J connectivity index is 2.12. The lowest BCUT2D eigenvalue weighted by Gasteiger charge is -2.19. The number of hydrogen-bond donors (Lipinski definition) is 1. The van der Waals surface area contributed by atoms with Gasteiger partial charge in [-0.25, -0.2) is 0 Å². The minimum Gasteiger partial charge on any atom is -0.317 e. The maximum Gasteiger partial charge on any atom is 0.475 e. The summed E-state index contributed by atoms with van der Waals surface area (Å²) in [4.78, 5) is 28.2. The Morgan fingerprint density at radius 3 is 2.57 bits per heavy atom. The van der Waals surface area contributed by atoms with E-state index in [0.29, 0.717) is 0 Å². The molecule has 0 saturated carbocycles. The largest absolute Gasteiger partial charge is 0.475 e. The van der Waals surface area contributed by atoms with Crippen molar-refractivity contribution in [3.8, 4) is 0 Å². The molecule has 0 aromatic carbocycles. The molecule has 1 fully saturated rings. The van der Waals surface area contributed by atoms with E-state index in [9.17, 15) is 15.0 Å². The normalized spacial score (nSPS) is 17.4. The average Bonchev–Trinajstić information content (AvgIpc) is 2.15. The van der Waals surface area contributed by atoms with Gasteiger partial charge in [0.05, 0.1) is 4.94 Å². The highest BCUT2D eigenvalue weighted by Gasteiger charge is 2.22. The zero-order valence-electron chi connectivity index (χ0n) is 7.55. The topological polar surface area (TPSA) is 93.7 Å². The Morgan fingerprint density at radius 1 is 1.36 bits per heavy atom. The van der Waals surface area contributed by atoms with Gasteiger partial charge in [0.2, 0.25) is 0 Å². The molecule has 0 aromatic rings. The van der Waals surface area contributed by atoms with Crippen LogP contribution in [0.2, 0.25) is 0 Å². The summed E-state index contributed by atoms with van der Waals surface area (Å²) in [5.74, 6) is 0.253. The third-order valence-electron chi connectivity index (χ3n) is 2.01. The number of nitrogens with zero attached hydrogens (tertiary/aromatic N) is 2. The van der Waals surface area contributed by atoms with E-state index in [4.69, 9.17) is 0 Å². The summed E-state index contributed by atoms with van der Waals surface area (Å²) in [5.41, 5.74) is 0. The molecule has 1 saturated heterocycles. The summed E-state index contributed by atoms with van der Waals surface area (Å²) in [6.07, 6.45) is 1.79. The zero-order chi connectivity index (χ0) is 10.4. The maximum absolute atomic E-state index is 10.5. The van der Waals surface area contributed by atoms with Gasteiger partial charge in [0.1, 0.15) is 4.91 Å². The Morgan fingerprint density at radius 2 is 2.00 bits per heavy atom. The molecular formula is C6H12N3O5+. The number of nitrogens with one attached hydrogen (secondary N) is 1. The predicted molar refractivity (Wildman–Crippen MR) is 43.3 cm³/mol. The van der Waals surface area contributed by atoms with Crippen LogP contribution in [-0.2, 0) is 9.78 Å². The molecule has 8 heteroatoms. The first-order valence-electron chi connectivity index (χ1n) is 4.32. The number of rotatable bonds is 5. The predicted octanol–water partition coefficient (Wildman–Crippen LogP) is -0.180. The summed E-state index contributed by atoms with van der Waals surface area (Å²) >= 11 is 0. The van der Waals surface area contributed by atoms with Crippen LogP contribution in [0, 0.1) is 20.9 Å². The van der Waals surface area contributed by atoms with E-state index in [0.717, 1.165) is 25.9 Å². The van der Waals surface area contributed by atoms with Crippen molar-refractivity contribution in [2.24, 2.45) is 5.92 Å². The summed E-state index contributed by atoms with van der Waals surface area (Å²) in [5, 5.41) is 11.2. The Labute approximate surface area is 79.8 Å². The van der Waals surface area contributed by atoms with E-state index >= 15 is 0 Å². The van der Waals surface area contributed by atoms with E-state index in [1.165, 1.54) is 0 Å². The molecular weight excluding hydrogens is 194 g/mol. The third-order valence-corrected chi connectivity index (χ3v) is 2.01. The number of hydrogen-bond acceptors (Lipinski definition) is 6. The van der Waals surface area contributed by atoms with Gasteiger partial charge in [-0.3, -0.25) is 0 Å². The molecule has 80 valence electrons. The van der Waals surface area contributed by atoms with Crippen molar-refractivity contribution in [1.29, 1.82) is 0 Å². The molecule has 1 heterocycles. The quantitative estimate of drug-likeness (QED) is 0.495. The third kappa shape index (κ3) is 3.99. The van der Waals surface area contributed by atoms with Crippen LogP contribution in [0.4, 0.5) is 0 Å². The van der Waals surface area contributed by atoms with E-state index in [-0.39, 0.29) is 12.5 Å². The van der Waals surface area contributed by atoms with Crippen molar-refractivity contribution in [3.05, 3.63) is 15.0 Å². The lowest BCUT2D eigenvalue weighted by Crippen LogP contribution is -2.31. The molecule has 0 bridgehead atoms. The summed E-state index contributed by atoms with van der Waals surface area (Å²) in [6.45, 7) is 1.91. The van der Waals surface area contributed by atoms with Crippen LogP contribution in [-0.4, -0.2) is 29.9 Å². The zero-order valence-corrected chi connectivity index (χ0v) is 7.55. The summed E-state index contributed by atoms with van der Waals surface area (Å²) in [7, 11) is 0. The second kappa shape index (κ2) is 5.32. The van der Waals surface area contributed by atoms with Crippen LogP contribution < -0.4 is 5.32 Å². The van der Waals surface area contributed by atoms with Crippen molar-refractivity contribution in [2.75, 3.05) is 19.7 Å². The van der Waals surface area contributed by atoms with E-state index in [1.54, 1.807) is 0 Å². The molecule has 0 atom stereocenters. The van der Waals surface area contributed by atoms with Crippen LogP contribution in [0.1, 0.15) is 12.8 Å². The van der Waals surface area contributed by atoms with E-state index in [2.05, 4.69) is 15.1 Å². The second-order valence-corrected chi connectivity index (χ2v) is 3.02. The first-order valence-corrected chi connectivity index (χ1v) is 4.32.